The summed E-state index contributed by atoms with van der Waals surface area (Å²) in [4.78, 5) is 4.83. The van der Waals surface area contributed by atoms with Gasteiger partial charge in [-0.1, -0.05) is 64.1 Å². The Kier molecular flexibility index (Phi) is 4.17. The van der Waals surface area contributed by atoms with Crippen molar-refractivity contribution < 1.29 is 4.42 Å². The van der Waals surface area contributed by atoms with Crippen molar-refractivity contribution >= 4 is 21.9 Å². The Morgan fingerprint density at radius 2 is 1.61 bits per heavy atom. The minimum absolute atomic E-state index is 0.0392. The zero-order valence-corrected chi connectivity index (χ0v) is 20.2. The molecule has 0 spiro atoms. The third kappa shape index (κ3) is 2.76. The number of nitrogens with zero attached hydrogens (tertiary/aromatic N) is 1. The molecule has 0 atom stereocenters. The zero-order chi connectivity index (χ0) is 23.1. The van der Waals surface area contributed by atoms with Crippen LogP contribution < -0.4 is 0 Å². The summed E-state index contributed by atoms with van der Waals surface area (Å²) < 4.78 is 6.63. The summed E-state index contributed by atoms with van der Waals surface area (Å²) in [5.74, 6) is 0.451. The number of fused-ring (bicyclic) bond motifs is 6. The van der Waals surface area contributed by atoms with Crippen LogP contribution in [-0.4, -0.2) is 4.98 Å². The number of benzene rings is 3. The molecule has 2 heteroatoms. The van der Waals surface area contributed by atoms with Crippen molar-refractivity contribution in [2.75, 3.05) is 0 Å². The van der Waals surface area contributed by atoms with Gasteiger partial charge in [0.15, 0.2) is 0 Å². The summed E-state index contributed by atoms with van der Waals surface area (Å²) in [5, 5.41) is 2.33. The highest BCUT2D eigenvalue weighted by Crippen LogP contribution is 2.51. The van der Waals surface area contributed by atoms with Gasteiger partial charge < -0.3 is 4.42 Å². The van der Waals surface area contributed by atoms with E-state index >= 15 is 0 Å². The zero-order valence-electron chi connectivity index (χ0n) is 20.2. The number of aryl methyl sites for hydroxylation is 2. The Morgan fingerprint density at radius 3 is 2.39 bits per heavy atom. The second-order valence-corrected chi connectivity index (χ2v) is 10.4. The third-order valence-electron chi connectivity index (χ3n) is 7.57. The molecule has 3 aromatic carbocycles. The molecular formula is C31H29NO. The van der Waals surface area contributed by atoms with Crippen LogP contribution in [0.4, 0.5) is 0 Å². The van der Waals surface area contributed by atoms with Gasteiger partial charge in [-0.25, -0.2) is 0 Å². The highest BCUT2D eigenvalue weighted by molar-refractivity contribution is 6.11. The molecule has 5 aromatic rings. The first-order chi connectivity index (χ1) is 15.8. The highest BCUT2D eigenvalue weighted by atomic mass is 16.3. The number of aromatic nitrogens is 1. The molecule has 0 radical (unpaired) electrons. The minimum atomic E-state index is -0.0392. The molecule has 2 aromatic heterocycles. The Hall–Kier alpha value is -3.39. The number of furan rings is 1. The van der Waals surface area contributed by atoms with Crippen molar-refractivity contribution in [2.45, 2.75) is 52.9 Å². The molecule has 0 N–H and O–H groups in total. The van der Waals surface area contributed by atoms with Crippen LogP contribution in [0.1, 0.15) is 61.4 Å². The van der Waals surface area contributed by atoms with Gasteiger partial charge in [-0.2, -0.15) is 0 Å². The van der Waals surface area contributed by atoms with E-state index in [9.17, 15) is 0 Å². The van der Waals surface area contributed by atoms with E-state index in [-0.39, 0.29) is 5.41 Å². The van der Waals surface area contributed by atoms with Crippen molar-refractivity contribution in [2.24, 2.45) is 0 Å². The molecule has 2 heterocycles. The molecule has 0 unspecified atom stereocenters. The lowest BCUT2D eigenvalue weighted by Gasteiger charge is -2.21. The van der Waals surface area contributed by atoms with Gasteiger partial charge in [-0.15, -0.1) is 0 Å². The van der Waals surface area contributed by atoms with Crippen molar-refractivity contribution in [3.05, 3.63) is 88.6 Å². The van der Waals surface area contributed by atoms with E-state index in [4.69, 9.17) is 9.40 Å². The van der Waals surface area contributed by atoms with Crippen LogP contribution in [0.2, 0.25) is 0 Å². The summed E-state index contributed by atoms with van der Waals surface area (Å²) in [5.41, 5.74) is 13.1. The first kappa shape index (κ1) is 20.2. The summed E-state index contributed by atoms with van der Waals surface area (Å²) in [6.45, 7) is 13.4. The Labute approximate surface area is 195 Å². The maximum atomic E-state index is 6.63. The minimum Gasteiger partial charge on any atom is -0.455 e. The molecule has 6 rings (SSSR count). The van der Waals surface area contributed by atoms with Crippen LogP contribution in [0.25, 0.3) is 44.3 Å². The smallest absolute Gasteiger partial charge is 0.145 e. The number of rotatable bonds is 2. The molecule has 0 saturated carbocycles. The molecule has 1 aliphatic carbocycles. The number of hydrogen-bond donors (Lipinski definition) is 0. The molecule has 0 fully saturated rings. The number of pyridine rings is 1. The fraction of sp³-hybridized carbons (Fsp3) is 0.258. The van der Waals surface area contributed by atoms with Crippen LogP contribution in [0.15, 0.2) is 65.2 Å². The second-order valence-electron chi connectivity index (χ2n) is 10.4. The summed E-state index contributed by atoms with van der Waals surface area (Å²) >= 11 is 0. The first-order valence-corrected chi connectivity index (χ1v) is 11.8. The van der Waals surface area contributed by atoms with Crippen molar-refractivity contribution in [3.63, 3.8) is 0 Å². The molecular weight excluding hydrogens is 402 g/mol. The molecule has 1 aliphatic rings. The second kappa shape index (κ2) is 6.81. The Bertz CT molecular complexity index is 1580. The average Bonchev–Trinajstić information content (AvgIpc) is 3.25. The SMILES string of the molecule is Cc1cnc(-c2c(C)ccc3c2oc2cc4c(cc23)-c2ccccc2C4(C)C)cc1C(C)C. The standard InChI is InChI=1S/C31H29NO/c1-17(2)22-14-27(32-16-19(22)4)29-18(3)11-12-21-24-13-23-20-9-7-8-10-25(20)31(5,6)26(23)15-28(24)33-30(21)29/h7-17H,1-6H3. The molecule has 0 saturated heterocycles. The van der Waals surface area contributed by atoms with E-state index in [1.807, 2.05) is 6.20 Å². The van der Waals surface area contributed by atoms with Crippen LogP contribution >= 0.6 is 0 Å². The molecule has 0 amide bonds. The maximum Gasteiger partial charge on any atom is 0.145 e. The van der Waals surface area contributed by atoms with Crippen molar-refractivity contribution in [1.82, 2.24) is 4.98 Å². The number of hydrogen-bond acceptors (Lipinski definition) is 2. The molecule has 33 heavy (non-hydrogen) atoms. The van der Waals surface area contributed by atoms with E-state index < -0.39 is 0 Å². The lowest BCUT2D eigenvalue weighted by molar-refractivity contribution is 0.647. The van der Waals surface area contributed by atoms with Gasteiger partial charge in [0.1, 0.15) is 11.2 Å². The van der Waals surface area contributed by atoms with Gasteiger partial charge in [0, 0.05) is 27.9 Å². The summed E-state index contributed by atoms with van der Waals surface area (Å²) in [6, 6.07) is 20.0. The topological polar surface area (TPSA) is 26.0 Å². The van der Waals surface area contributed by atoms with Gasteiger partial charge in [-0.3, -0.25) is 4.98 Å². The Morgan fingerprint density at radius 1 is 0.818 bits per heavy atom. The highest BCUT2D eigenvalue weighted by Gasteiger charge is 2.36. The lowest BCUT2D eigenvalue weighted by atomic mass is 9.82. The van der Waals surface area contributed by atoms with Crippen LogP contribution in [-0.2, 0) is 5.41 Å². The van der Waals surface area contributed by atoms with Gasteiger partial charge in [-0.05, 0) is 76.9 Å². The largest absolute Gasteiger partial charge is 0.455 e. The van der Waals surface area contributed by atoms with E-state index in [0.717, 1.165) is 27.8 Å². The Balaban J connectivity index is 1.65. The van der Waals surface area contributed by atoms with Gasteiger partial charge in [0.25, 0.3) is 0 Å². The maximum absolute atomic E-state index is 6.63. The quantitative estimate of drug-likeness (QED) is 0.279. The van der Waals surface area contributed by atoms with E-state index in [2.05, 4.69) is 96.1 Å². The van der Waals surface area contributed by atoms with E-state index in [1.54, 1.807) is 0 Å². The van der Waals surface area contributed by atoms with Crippen molar-refractivity contribution in [3.8, 4) is 22.4 Å². The normalized spacial score (nSPS) is 14.3. The van der Waals surface area contributed by atoms with E-state index in [0.29, 0.717) is 5.92 Å². The lowest BCUT2D eigenvalue weighted by Crippen LogP contribution is -2.14. The summed E-state index contributed by atoms with van der Waals surface area (Å²) in [7, 11) is 0. The molecule has 2 nitrogen and oxygen atoms in total. The molecule has 164 valence electrons. The molecule has 0 aliphatic heterocycles. The average molecular weight is 432 g/mol. The van der Waals surface area contributed by atoms with Crippen molar-refractivity contribution in [1.29, 1.82) is 0 Å². The van der Waals surface area contributed by atoms with Crippen LogP contribution in [0.3, 0.4) is 0 Å². The van der Waals surface area contributed by atoms with Gasteiger partial charge in [0.05, 0.1) is 5.69 Å². The van der Waals surface area contributed by atoms with Gasteiger partial charge in [0.2, 0.25) is 0 Å². The van der Waals surface area contributed by atoms with Crippen LogP contribution in [0.5, 0.6) is 0 Å². The molecule has 0 bridgehead atoms. The third-order valence-corrected chi connectivity index (χ3v) is 7.57. The monoisotopic (exact) mass is 431 g/mol. The first-order valence-electron chi connectivity index (χ1n) is 11.8. The van der Waals surface area contributed by atoms with Crippen LogP contribution in [0, 0.1) is 13.8 Å². The van der Waals surface area contributed by atoms with Gasteiger partial charge >= 0.3 is 0 Å². The fourth-order valence-corrected chi connectivity index (χ4v) is 5.75. The van der Waals surface area contributed by atoms with E-state index in [1.165, 1.54) is 44.3 Å². The predicted molar refractivity (Wildman–Crippen MR) is 138 cm³/mol. The summed E-state index contributed by atoms with van der Waals surface area (Å²) in [6.07, 6.45) is 2.00. The fourth-order valence-electron chi connectivity index (χ4n) is 5.75. The predicted octanol–water partition coefficient (Wildman–Crippen LogP) is 8.69.